The molecular formula is C16H33NO. The van der Waals surface area contributed by atoms with Crippen LogP contribution in [-0.4, -0.2) is 24.8 Å². The molecule has 1 aliphatic rings. The van der Waals surface area contributed by atoms with Gasteiger partial charge in [0.1, 0.15) is 0 Å². The number of rotatable bonds is 5. The molecule has 1 rings (SSSR count). The first kappa shape index (κ1) is 16.0. The van der Waals surface area contributed by atoms with Gasteiger partial charge in [0.25, 0.3) is 0 Å². The molecule has 0 heterocycles. The average Bonchev–Trinajstić information content (AvgIpc) is 2.25. The second kappa shape index (κ2) is 6.38. The monoisotopic (exact) mass is 255 g/mol. The molecule has 1 saturated carbocycles. The zero-order valence-electron chi connectivity index (χ0n) is 13.3. The molecule has 2 nitrogen and oxygen atoms in total. The van der Waals surface area contributed by atoms with E-state index < -0.39 is 0 Å². The Labute approximate surface area is 114 Å². The van der Waals surface area contributed by atoms with E-state index in [0.717, 1.165) is 19.0 Å². The molecule has 0 radical (unpaired) electrons. The fraction of sp³-hybridized carbons (Fsp3) is 1.00. The number of likely N-dealkylation sites (N-methyl/N-ethyl adjacent to an activating group) is 1. The number of ether oxygens (including phenoxy) is 1. The van der Waals surface area contributed by atoms with Crippen LogP contribution in [0.1, 0.15) is 67.2 Å². The van der Waals surface area contributed by atoms with Crippen LogP contribution in [0.25, 0.3) is 0 Å². The van der Waals surface area contributed by atoms with Crippen molar-refractivity contribution in [2.45, 2.75) is 78.9 Å². The molecule has 0 unspecified atom stereocenters. The molecule has 0 aromatic heterocycles. The topological polar surface area (TPSA) is 21.3 Å². The molecule has 0 atom stereocenters. The van der Waals surface area contributed by atoms with Gasteiger partial charge in [0.2, 0.25) is 0 Å². The van der Waals surface area contributed by atoms with Crippen LogP contribution in [0.3, 0.4) is 0 Å². The lowest BCUT2D eigenvalue weighted by Gasteiger charge is -2.45. The van der Waals surface area contributed by atoms with Gasteiger partial charge in [-0.2, -0.15) is 0 Å². The van der Waals surface area contributed by atoms with Crippen LogP contribution >= 0.6 is 0 Å². The lowest BCUT2D eigenvalue weighted by atomic mass is 9.68. The van der Waals surface area contributed by atoms with Gasteiger partial charge in [0, 0.05) is 6.54 Å². The first-order chi connectivity index (χ1) is 8.29. The minimum absolute atomic E-state index is 0.0892. The molecule has 18 heavy (non-hydrogen) atoms. The van der Waals surface area contributed by atoms with E-state index in [1.165, 1.54) is 25.7 Å². The molecule has 108 valence electrons. The van der Waals surface area contributed by atoms with E-state index in [4.69, 9.17) is 4.74 Å². The van der Waals surface area contributed by atoms with Crippen LogP contribution in [0.5, 0.6) is 0 Å². The van der Waals surface area contributed by atoms with E-state index in [0.29, 0.717) is 11.5 Å². The number of hydrogen-bond donors (Lipinski definition) is 1. The Balaban J connectivity index is 2.61. The molecular weight excluding hydrogens is 222 g/mol. The van der Waals surface area contributed by atoms with Crippen molar-refractivity contribution >= 4 is 0 Å². The third kappa shape index (κ3) is 4.55. The standard InChI is InChI=1S/C16H33NO/c1-7-17-12-16(18-13(2)3)10-8-14(9-11-16)15(4,5)6/h13-14,17H,7-12H2,1-6H3. The van der Waals surface area contributed by atoms with Gasteiger partial charge in [0.05, 0.1) is 11.7 Å². The minimum atomic E-state index is 0.0892. The first-order valence-electron chi connectivity index (χ1n) is 7.67. The van der Waals surface area contributed by atoms with Gasteiger partial charge in [-0.3, -0.25) is 0 Å². The van der Waals surface area contributed by atoms with Gasteiger partial charge in [0.15, 0.2) is 0 Å². The van der Waals surface area contributed by atoms with E-state index in [2.05, 4.69) is 46.9 Å². The van der Waals surface area contributed by atoms with Crippen molar-refractivity contribution in [2.24, 2.45) is 11.3 Å². The molecule has 0 aromatic carbocycles. The Kier molecular flexibility index (Phi) is 5.67. The van der Waals surface area contributed by atoms with Crippen molar-refractivity contribution in [2.75, 3.05) is 13.1 Å². The maximum Gasteiger partial charge on any atom is 0.0809 e. The third-order valence-corrected chi connectivity index (χ3v) is 4.30. The largest absolute Gasteiger partial charge is 0.371 e. The first-order valence-corrected chi connectivity index (χ1v) is 7.67. The van der Waals surface area contributed by atoms with Gasteiger partial charge in [-0.25, -0.2) is 0 Å². The van der Waals surface area contributed by atoms with E-state index in [1.54, 1.807) is 0 Å². The van der Waals surface area contributed by atoms with Crippen molar-refractivity contribution < 1.29 is 4.74 Å². The van der Waals surface area contributed by atoms with Crippen molar-refractivity contribution in [3.63, 3.8) is 0 Å². The maximum absolute atomic E-state index is 6.28. The summed E-state index contributed by atoms with van der Waals surface area (Å²) in [5.41, 5.74) is 0.536. The van der Waals surface area contributed by atoms with Crippen LogP contribution in [0.2, 0.25) is 0 Å². The molecule has 0 bridgehead atoms. The smallest absolute Gasteiger partial charge is 0.0809 e. The highest BCUT2D eigenvalue weighted by atomic mass is 16.5. The number of nitrogens with one attached hydrogen (secondary N) is 1. The normalized spacial score (nSPS) is 29.8. The van der Waals surface area contributed by atoms with Gasteiger partial charge in [-0.05, 0) is 57.4 Å². The lowest BCUT2D eigenvalue weighted by molar-refractivity contribution is -0.111. The summed E-state index contributed by atoms with van der Waals surface area (Å²) < 4.78 is 6.28. The Morgan fingerprint density at radius 2 is 1.78 bits per heavy atom. The Hall–Kier alpha value is -0.0800. The summed E-state index contributed by atoms with van der Waals surface area (Å²) in [6.07, 6.45) is 5.36. The van der Waals surface area contributed by atoms with Gasteiger partial charge < -0.3 is 10.1 Å². The predicted octanol–water partition coefficient (Wildman–Crippen LogP) is 4.00. The van der Waals surface area contributed by atoms with Crippen molar-refractivity contribution in [1.82, 2.24) is 5.32 Å². The fourth-order valence-corrected chi connectivity index (χ4v) is 3.20. The molecule has 0 saturated heterocycles. The molecule has 0 spiro atoms. The van der Waals surface area contributed by atoms with Crippen LogP contribution in [0.4, 0.5) is 0 Å². The van der Waals surface area contributed by atoms with E-state index in [9.17, 15) is 0 Å². The second-order valence-corrected chi connectivity index (χ2v) is 7.27. The van der Waals surface area contributed by atoms with E-state index in [1.807, 2.05) is 0 Å². The highest BCUT2D eigenvalue weighted by Gasteiger charge is 2.39. The van der Waals surface area contributed by atoms with Gasteiger partial charge in [-0.1, -0.05) is 27.7 Å². The molecule has 1 aliphatic carbocycles. The third-order valence-electron chi connectivity index (χ3n) is 4.30. The summed E-state index contributed by atoms with van der Waals surface area (Å²) in [4.78, 5) is 0. The Morgan fingerprint density at radius 3 is 2.17 bits per heavy atom. The van der Waals surface area contributed by atoms with Crippen LogP contribution in [0.15, 0.2) is 0 Å². The Morgan fingerprint density at radius 1 is 1.22 bits per heavy atom. The SMILES string of the molecule is CCNCC1(OC(C)C)CCC(C(C)(C)C)CC1. The molecule has 0 aliphatic heterocycles. The summed E-state index contributed by atoms with van der Waals surface area (Å²) in [6, 6.07) is 0. The highest BCUT2D eigenvalue weighted by molar-refractivity contribution is 4.92. The van der Waals surface area contributed by atoms with Gasteiger partial charge >= 0.3 is 0 Å². The zero-order chi connectivity index (χ0) is 13.8. The van der Waals surface area contributed by atoms with Crippen LogP contribution < -0.4 is 5.32 Å². The summed E-state index contributed by atoms with van der Waals surface area (Å²) >= 11 is 0. The van der Waals surface area contributed by atoms with E-state index >= 15 is 0 Å². The van der Waals surface area contributed by atoms with Crippen LogP contribution in [-0.2, 0) is 4.74 Å². The van der Waals surface area contributed by atoms with Crippen molar-refractivity contribution in [3.05, 3.63) is 0 Å². The lowest BCUT2D eigenvalue weighted by Crippen LogP contribution is -2.48. The molecule has 1 N–H and O–H groups in total. The molecule has 0 amide bonds. The summed E-state index contributed by atoms with van der Waals surface area (Å²) in [5.74, 6) is 0.850. The fourth-order valence-electron chi connectivity index (χ4n) is 3.20. The second-order valence-electron chi connectivity index (χ2n) is 7.27. The molecule has 1 fully saturated rings. The average molecular weight is 255 g/mol. The highest BCUT2D eigenvalue weighted by Crippen LogP contribution is 2.43. The number of hydrogen-bond acceptors (Lipinski definition) is 2. The van der Waals surface area contributed by atoms with Crippen molar-refractivity contribution in [1.29, 1.82) is 0 Å². The van der Waals surface area contributed by atoms with Crippen LogP contribution in [0, 0.1) is 11.3 Å². The zero-order valence-corrected chi connectivity index (χ0v) is 13.3. The maximum atomic E-state index is 6.28. The van der Waals surface area contributed by atoms with E-state index in [-0.39, 0.29) is 5.60 Å². The minimum Gasteiger partial charge on any atom is -0.371 e. The summed E-state index contributed by atoms with van der Waals surface area (Å²) in [7, 11) is 0. The Bertz CT molecular complexity index is 234. The molecule has 2 heteroatoms. The quantitative estimate of drug-likeness (QED) is 0.802. The summed E-state index contributed by atoms with van der Waals surface area (Å²) in [6.45, 7) is 15.6. The van der Waals surface area contributed by atoms with Gasteiger partial charge in [-0.15, -0.1) is 0 Å². The van der Waals surface area contributed by atoms with Crippen molar-refractivity contribution in [3.8, 4) is 0 Å². The summed E-state index contributed by atoms with van der Waals surface area (Å²) in [5, 5.41) is 3.49. The molecule has 0 aromatic rings. The predicted molar refractivity (Wildman–Crippen MR) is 78.9 cm³/mol.